The van der Waals surface area contributed by atoms with Gasteiger partial charge >= 0.3 is 0 Å². The molecule has 0 saturated heterocycles. The summed E-state index contributed by atoms with van der Waals surface area (Å²) in [5.41, 5.74) is 2.02. The summed E-state index contributed by atoms with van der Waals surface area (Å²) in [6, 6.07) is 5.85. The van der Waals surface area contributed by atoms with Gasteiger partial charge in [0.25, 0.3) is 0 Å². The number of rotatable bonds is 7. The van der Waals surface area contributed by atoms with Gasteiger partial charge in [-0.15, -0.1) is 11.3 Å². The van der Waals surface area contributed by atoms with Crippen molar-refractivity contribution in [2.45, 2.75) is 52.3 Å². The summed E-state index contributed by atoms with van der Waals surface area (Å²) >= 11 is 1.60. The van der Waals surface area contributed by atoms with E-state index in [0.717, 1.165) is 47.3 Å². The second kappa shape index (κ2) is 9.39. The van der Waals surface area contributed by atoms with Crippen molar-refractivity contribution >= 4 is 17.2 Å². The van der Waals surface area contributed by atoms with Crippen LogP contribution in [0.4, 0.5) is 0 Å². The van der Waals surface area contributed by atoms with Crippen molar-refractivity contribution in [3.63, 3.8) is 0 Å². The summed E-state index contributed by atoms with van der Waals surface area (Å²) in [4.78, 5) is 19.2. The number of carbonyl (C=O) groups excluding carboxylic acids is 1. The molecule has 1 N–H and O–H groups in total. The molecule has 0 fully saturated rings. The Bertz CT molecular complexity index is 808. The maximum absolute atomic E-state index is 12.4. The highest BCUT2D eigenvalue weighted by Crippen LogP contribution is 2.29. The SMILES string of the molecule is CCC1CN(CCC(=O)NC(C)c2csc(C)n2)Cc2cc(OC)ccc2O1. The van der Waals surface area contributed by atoms with Crippen LogP contribution in [0.2, 0.25) is 0 Å². The van der Waals surface area contributed by atoms with Gasteiger partial charge in [-0.1, -0.05) is 6.92 Å². The average molecular weight is 404 g/mol. The van der Waals surface area contributed by atoms with E-state index in [2.05, 4.69) is 22.1 Å². The number of nitrogens with one attached hydrogen (secondary N) is 1. The van der Waals surface area contributed by atoms with Gasteiger partial charge in [-0.05, 0) is 38.5 Å². The van der Waals surface area contributed by atoms with Gasteiger partial charge < -0.3 is 14.8 Å². The molecule has 3 rings (SSSR count). The molecule has 2 aromatic rings. The molecule has 6 nitrogen and oxygen atoms in total. The van der Waals surface area contributed by atoms with Gasteiger partial charge in [0.15, 0.2) is 0 Å². The van der Waals surface area contributed by atoms with E-state index in [1.807, 2.05) is 37.4 Å². The largest absolute Gasteiger partial charge is 0.497 e. The summed E-state index contributed by atoms with van der Waals surface area (Å²) in [5.74, 6) is 1.77. The van der Waals surface area contributed by atoms with E-state index in [0.29, 0.717) is 13.0 Å². The fraction of sp³-hybridized carbons (Fsp3) is 0.524. The van der Waals surface area contributed by atoms with Crippen LogP contribution in [-0.4, -0.2) is 42.1 Å². The van der Waals surface area contributed by atoms with Gasteiger partial charge in [0.1, 0.15) is 17.6 Å². The smallest absolute Gasteiger partial charge is 0.221 e. The van der Waals surface area contributed by atoms with Crippen molar-refractivity contribution in [3.8, 4) is 11.5 Å². The molecule has 0 spiro atoms. The first kappa shape index (κ1) is 20.6. The molecule has 2 atom stereocenters. The molecule has 28 heavy (non-hydrogen) atoms. The summed E-state index contributed by atoms with van der Waals surface area (Å²) in [5, 5.41) is 6.07. The molecule has 2 heterocycles. The van der Waals surface area contributed by atoms with Crippen LogP contribution in [0.1, 0.15) is 49.0 Å². The van der Waals surface area contributed by atoms with E-state index < -0.39 is 0 Å². The Morgan fingerprint density at radius 3 is 3.00 bits per heavy atom. The normalized spacial score (nSPS) is 17.9. The highest BCUT2D eigenvalue weighted by atomic mass is 32.1. The van der Waals surface area contributed by atoms with E-state index in [1.165, 1.54) is 0 Å². The van der Waals surface area contributed by atoms with Crippen LogP contribution in [0.5, 0.6) is 11.5 Å². The standard InChI is InChI=1S/C21H29N3O3S/c1-5-17-12-24(11-16-10-18(26-4)6-7-20(16)27-17)9-8-21(25)22-14(2)19-13-28-15(3)23-19/h6-7,10,13-14,17H,5,8-9,11-12H2,1-4H3,(H,22,25). The number of hydrogen-bond acceptors (Lipinski definition) is 6. The molecule has 1 aliphatic heterocycles. The van der Waals surface area contributed by atoms with Crippen LogP contribution in [0.15, 0.2) is 23.6 Å². The number of thiazole rings is 1. The second-order valence-corrected chi connectivity index (χ2v) is 8.25. The number of nitrogens with zero attached hydrogens (tertiary/aromatic N) is 2. The van der Waals surface area contributed by atoms with Crippen LogP contribution in [0, 0.1) is 6.92 Å². The zero-order valence-electron chi connectivity index (χ0n) is 17.0. The molecule has 2 unspecified atom stereocenters. The van der Waals surface area contributed by atoms with Gasteiger partial charge in [0.05, 0.1) is 23.9 Å². The van der Waals surface area contributed by atoms with Crippen molar-refractivity contribution in [3.05, 3.63) is 39.8 Å². The van der Waals surface area contributed by atoms with Crippen LogP contribution < -0.4 is 14.8 Å². The predicted octanol–water partition coefficient (Wildman–Crippen LogP) is 3.70. The molecule has 1 aromatic heterocycles. The topological polar surface area (TPSA) is 63.7 Å². The van der Waals surface area contributed by atoms with Gasteiger partial charge in [-0.3, -0.25) is 9.69 Å². The molecule has 0 bridgehead atoms. The number of amides is 1. The second-order valence-electron chi connectivity index (χ2n) is 7.19. The number of aryl methyl sites for hydroxylation is 1. The minimum absolute atomic E-state index is 0.0437. The van der Waals surface area contributed by atoms with Crippen molar-refractivity contribution < 1.29 is 14.3 Å². The lowest BCUT2D eigenvalue weighted by atomic mass is 10.1. The third-order valence-corrected chi connectivity index (χ3v) is 5.78. The molecule has 1 aromatic carbocycles. The third kappa shape index (κ3) is 5.23. The molecule has 1 amide bonds. The fourth-order valence-electron chi connectivity index (χ4n) is 3.34. The third-order valence-electron chi connectivity index (χ3n) is 4.99. The monoisotopic (exact) mass is 403 g/mol. The maximum atomic E-state index is 12.4. The van der Waals surface area contributed by atoms with Crippen LogP contribution >= 0.6 is 11.3 Å². The Balaban J connectivity index is 1.59. The summed E-state index contributed by atoms with van der Waals surface area (Å²) in [6.07, 6.45) is 1.49. The molecule has 0 saturated carbocycles. The predicted molar refractivity (Wildman–Crippen MR) is 111 cm³/mol. The number of benzene rings is 1. The van der Waals surface area contributed by atoms with Gasteiger partial charge in [-0.2, -0.15) is 0 Å². The molecule has 0 aliphatic carbocycles. The summed E-state index contributed by atoms with van der Waals surface area (Å²) in [7, 11) is 1.67. The minimum atomic E-state index is -0.0710. The lowest BCUT2D eigenvalue weighted by molar-refractivity contribution is -0.122. The fourth-order valence-corrected chi connectivity index (χ4v) is 4.05. The van der Waals surface area contributed by atoms with E-state index in [9.17, 15) is 4.79 Å². The molecule has 152 valence electrons. The van der Waals surface area contributed by atoms with E-state index in [-0.39, 0.29) is 18.1 Å². The van der Waals surface area contributed by atoms with E-state index >= 15 is 0 Å². The molecular weight excluding hydrogens is 374 g/mol. The van der Waals surface area contributed by atoms with E-state index in [4.69, 9.17) is 9.47 Å². The van der Waals surface area contributed by atoms with Crippen molar-refractivity contribution in [1.82, 2.24) is 15.2 Å². The highest BCUT2D eigenvalue weighted by molar-refractivity contribution is 7.09. The first-order valence-electron chi connectivity index (χ1n) is 9.75. The first-order chi connectivity index (χ1) is 13.5. The number of fused-ring (bicyclic) bond motifs is 1. The quantitative estimate of drug-likeness (QED) is 0.764. The van der Waals surface area contributed by atoms with Crippen LogP contribution in [0.3, 0.4) is 0 Å². The Hall–Kier alpha value is -2.12. The van der Waals surface area contributed by atoms with Crippen molar-refractivity contribution in [2.24, 2.45) is 0 Å². The maximum Gasteiger partial charge on any atom is 0.221 e. The lowest BCUT2D eigenvalue weighted by Gasteiger charge is -2.23. The van der Waals surface area contributed by atoms with Gasteiger partial charge in [0.2, 0.25) is 5.91 Å². The Labute approximate surface area is 170 Å². The molecule has 7 heteroatoms. The molecule has 1 aliphatic rings. The number of ether oxygens (including phenoxy) is 2. The van der Waals surface area contributed by atoms with E-state index in [1.54, 1.807) is 18.4 Å². The Kier molecular flexibility index (Phi) is 6.91. The minimum Gasteiger partial charge on any atom is -0.497 e. The average Bonchev–Trinajstić information content (AvgIpc) is 3.04. The number of hydrogen-bond donors (Lipinski definition) is 1. The van der Waals surface area contributed by atoms with Crippen molar-refractivity contribution in [2.75, 3.05) is 20.2 Å². The Morgan fingerprint density at radius 2 is 2.32 bits per heavy atom. The van der Waals surface area contributed by atoms with Gasteiger partial charge in [-0.25, -0.2) is 4.98 Å². The Morgan fingerprint density at radius 1 is 1.50 bits per heavy atom. The highest BCUT2D eigenvalue weighted by Gasteiger charge is 2.23. The number of methoxy groups -OCH3 is 1. The zero-order chi connectivity index (χ0) is 20.1. The molecular formula is C21H29N3O3S. The molecule has 0 radical (unpaired) electrons. The lowest BCUT2D eigenvalue weighted by Crippen LogP contribution is -2.36. The summed E-state index contributed by atoms with van der Waals surface area (Å²) in [6.45, 7) is 8.31. The number of carbonyl (C=O) groups is 1. The van der Waals surface area contributed by atoms with Gasteiger partial charge in [0, 0.05) is 37.0 Å². The first-order valence-corrected chi connectivity index (χ1v) is 10.6. The van der Waals surface area contributed by atoms with Crippen LogP contribution in [0.25, 0.3) is 0 Å². The van der Waals surface area contributed by atoms with Crippen molar-refractivity contribution in [1.29, 1.82) is 0 Å². The van der Waals surface area contributed by atoms with Crippen LogP contribution in [-0.2, 0) is 11.3 Å². The number of aromatic nitrogens is 1. The zero-order valence-corrected chi connectivity index (χ0v) is 17.8. The summed E-state index contributed by atoms with van der Waals surface area (Å²) < 4.78 is 11.5.